The Bertz CT molecular complexity index is 477. The quantitative estimate of drug-likeness (QED) is 0.869. The number of thiophene rings is 1. The molecule has 0 aliphatic rings. The van der Waals surface area contributed by atoms with E-state index in [-0.39, 0.29) is 19.1 Å². The number of hydrogen-bond acceptors (Lipinski definition) is 3. The first-order valence-corrected chi connectivity index (χ1v) is 6.22. The summed E-state index contributed by atoms with van der Waals surface area (Å²) >= 11 is 1.67. The van der Waals surface area contributed by atoms with Gasteiger partial charge in [0, 0.05) is 17.0 Å². The van der Waals surface area contributed by atoms with Crippen LogP contribution in [0.4, 0.5) is 0 Å². The largest absolute Gasteiger partial charge is 0.395 e. The predicted octanol–water partition coefficient (Wildman–Crippen LogP) is 2.14. The summed E-state index contributed by atoms with van der Waals surface area (Å²) in [5.74, 6) is -0.156. The summed E-state index contributed by atoms with van der Waals surface area (Å²) in [6, 6.07) is 11.5. The minimum atomic E-state index is -0.156. The summed E-state index contributed by atoms with van der Waals surface area (Å²) in [6.45, 7) is 0.241. The van der Waals surface area contributed by atoms with Crippen LogP contribution in [0.5, 0.6) is 0 Å². The van der Waals surface area contributed by atoms with E-state index in [1.807, 2.05) is 29.6 Å². The van der Waals surface area contributed by atoms with E-state index in [4.69, 9.17) is 5.11 Å². The van der Waals surface area contributed by atoms with Gasteiger partial charge >= 0.3 is 0 Å². The Morgan fingerprint density at radius 1 is 1.24 bits per heavy atom. The van der Waals surface area contributed by atoms with Crippen LogP contribution < -0.4 is 5.32 Å². The van der Waals surface area contributed by atoms with E-state index in [2.05, 4.69) is 5.32 Å². The van der Waals surface area contributed by atoms with Gasteiger partial charge in [0.2, 0.25) is 0 Å². The molecule has 0 saturated carbocycles. The maximum Gasteiger partial charge on any atom is 0.251 e. The Morgan fingerprint density at radius 3 is 2.59 bits per heavy atom. The molecule has 3 nitrogen and oxygen atoms in total. The molecule has 2 rings (SSSR count). The zero-order valence-electron chi connectivity index (χ0n) is 9.22. The average molecular weight is 247 g/mol. The fraction of sp³-hybridized carbons (Fsp3) is 0.154. The van der Waals surface area contributed by atoms with E-state index in [0.29, 0.717) is 5.56 Å². The number of carbonyl (C=O) groups excluding carboxylic acids is 1. The molecular formula is C13H13NO2S. The molecule has 0 bridgehead atoms. The summed E-state index contributed by atoms with van der Waals surface area (Å²) in [5.41, 5.74) is 1.72. The van der Waals surface area contributed by atoms with Gasteiger partial charge in [0.1, 0.15) is 0 Å². The Balaban J connectivity index is 2.10. The Labute approximate surface area is 104 Å². The van der Waals surface area contributed by atoms with Gasteiger partial charge < -0.3 is 10.4 Å². The van der Waals surface area contributed by atoms with Gasteiger partial charge in [-0.15, -0.1) is 11.3 Å². The minimum Gasteiger partial charge on any atom is -0.395 e. The number of aliphatic hydroxyl groups excluding tert-OH is 1. The standard InChI is InChI=1S/C13H13NO2S/c15-8-7-14-13(16)11-5-3-10(4-6-11)12-2-1-9-17-12/h1-6,9,15H,7-8H2,(H,14,16). The highest BCUT2D eigenvalue weighted by Crippen LogP contribution is 2.24. The third-order valence-corrected chi connectivity index (χ3v) is 3.27. The second-order valence-electron chi connectivity index (χ2n) is 3.53. The van der Waals surface area contributed by atoms with Crippen molar-refractivity contribution in [3.63, 3.8) is 0 Å². The van der Waals surface area contributed by atoms with Crippen LogP contribution in [0, 0.1) is 0 Å². The fourth-order valence-corrected chi connectivity index (χ4v) is 2.23. The number of nitrogens with one attached hydrogen (secondary N) is 1. The Kier molecular flexibility index (Phi) is 3.90. The molecule has 0 radical (unpaired) electrons. The highest BCUT2D eigenvalue weighted by molar-refractivity contribution is 7.13. The van der Waals surface area contributed by atoms with Crippen molar-refractivity contribution in [3.8, 4) is 10.4 Å². The van der Waals surface area contributed by atoms with Gasteiger partial charge in [0.15, 0.2) is 0 Å². The number of aliphatic hydroxyl groups is 1. The predicted molar refractivity (Wildman–Crippen MR) is 69.2 cm³/mol. The van der Waals surface area contributed by atoms with Gasteiger partial charge in [0.05, 0.1) is 6.61 Å². The maximum atomic E-state index is 11.6. The second-order valence-corrected chi connectivity index (χ2v) is 4.48. The smallest absolute Gasteiger partial charge is 0.251 e. The molecule has 2 N–H and O–H groups in total. The van der Waals surface area contributed by atoms with Gasteiger partial charge in [0.25, 0.3) is 5.91 Å². The van der Waals surface area contributed by atoms with Crippen molar-refractivity contribution in [3.05, 3.63) is 47.3 Å². The van der Waals surface area contributed by atoms with E-state index >= 15 is 0 Å². The molecule has 0 aliphatic carbocycles. The molecule has 1 aromatic carbocycles. The first kappa shape index (κ1) is 11.8. The van der Waals surface area contributed by atoms with Crippen molar-refractivity contribution >= 4 is 17.2 Å². The summed E-state index contributed by atoms with van der Waals surface area (Å²) in [4.78, 5) is 12.8. The lowest BCUT2D eigenvalue weighted by molar-refractivity contribution is 0.0945. The summed E-state index contributed by atoms with van der Waals surface area (Å²) in [5, 5.41) is 13.3. The van der Waals surface area contributed by atoms with E-state index in [9.17, 15) is 4.79 Å². The van der Waals surface area contributed by atoms with Crippen molar-refractivity contribution in [1.29, 1.82) is 0 Å². The zero-order chi connectivity index (χ0) is 12.1. The summed E-state index contributed by atoms with van der Waals surface area (Å²) < 4.78 is 0. The van der Waals surface area contributed by atoms with E-state index in [0.717, 1.165) is 5.56 Å². The van der Waals surface area contributed by atoms with Crippen LogP contribution in [0.3, 0.4) is 0 Å². The molecule has 17 heavy (non-hydrogen) atoms. The van der Waals surface area contributed by atoms with Gasteiger partial charge in [-0.2, -0.15) is 0 Å². The van der Waals surface area contributed by atoms with Gasteiger partial charge in [-0.3, -0.25) is 4.79 Å². The van der Waals surface area contributed by atoms with Gasteiger partial charge in [-0.25, -0.2) is 0 Å². The number of amides is 1. The molecule has 1 amide bonds. The normalized spacial score (nSPS) is 10.2. The van der Waals surface area contributed by atoms with Crippen LogP contribution in [0.25, 0.3) is 10.4 Å². The van der Waals surface area contributed by atoms with E-state index in [1.165, 1.54) is 4.88 Å². The number of hydrogen-bond donors (Lipinski definition) is 2. The van der Waals surface area contributed by atoms with Gasteiger partial charge in [-0.1, -0.05) is 18.2 Å². The van der Waals surface area contributed by atoms with Crippen LogP contribution in [-0.4, -0.2) is 24.2 Å². The molecule has 88 valence electrons. The lowest BCUT2D eigenvalue weighted by Gasteiger charge is -2.04. The van der Waals surface area contributed by atoms with E-state index in [1.54, 1.807) is 23.5 Å². The third-order valence-electron chi connectivity index (χ3n) is 2.35. The molecule has 1 heterocycles. The fourth-order valence-electron chi connectivity index (χ4n) is 1.50. The molecule has 0 aliphatic heterocycles. The van der Waals surface area contributed by atoms with Crippen molar-refractivity contribution in [2.45, 2.75) is 0 Å². The van der Waals surface area contributed by atoms with Crippen LogP contribution in [0.2, 0.25) is 0 Å². The molecule has 0 saturated heterocycles. The molecule has 4 heteroatoms. The SMILES string of the molecule is O=C(NCCO)c1ccc(-c2cccs2)cc1. The van der Waals surface area contributed by atoms with Crippen molar-refractivity contribution in [2.75, 3.05) is 13.2 Å². The first-order chi connectivity index (χ1) is 8.31. The number of benzene rings is 1. The Morgan fingerprint density at radius 2 is 2.00 bits per heavy atom. The van der Waals surface area contributed by atoms with Crippen LogP contribution in [-0.2, 0) is 0 Å². The van der Waals surface area contributed by atoms with Crippen LogP contribution in [0.15, 0.2) is 41.8 Å². The second kappa shape index (κ2) is 5.61. The molecule has 0 fully saturated rings. The highest BCUT2D eigenvalue weighted by Gasteiger charge is 2.05. The number of carbonyl (C=O) groups is 1. The van der Waals surface area contributed by atoms with Crippen molar-refractivity contribution < 1.29 is 9.90 Å². The molecule has 0 atom stereocenters. The maximum absolute atomic E-state index is 11.6. The summed E-state index contributed by atoms with van der Waals surface area (Å²) in [6.07, 6.45) is 0. The molecule has 0 spiro atoms. The zero-order valence-corrected chi connectivity index (χ0v) is 10.0. The molecule has 0 unspecified atom stereocenters. The molecule has 1 aromatic heterocycles. The summed E-state index contributed by atoms with van der Waals surface area (Å²) in [7, 11) is 0. The lowest BCUT2D eigenvalue weighted by atomic mass is 10.1. The van der Waals surface area contributed by atoms with Crippen LogP contribution >= 0.6 is 11.3 Å². The van der Waals surface area contributed by atoms with Gasteiger partial charge in [-0.05, 0) is 29.1 Å². The van der Waals surface area contributed by atoms with E-state index < -0.39 is 0 Å². The monoisotopic (exact) mass is 247 g/mol. The molecule has 2 aromatic rings. The first-order valence-electron chi connectivity index (χ1n) is 5.34. The topological polar surface area (TPSA) is 49.3 Å². The van der Waals surface area contributed by atoms with Crippen molar-refractivity contribution in [2.24, 2.45) is 0 Å². The van der Waals surface area contributed by atoms with Crippen LogP contribution in [0.1, 0.15) is 10.4 Å². The third kappa shape index (κ3) is 2.93. The lowest BCUT2D eigenvalue weighted by Crippen LogP contribution is -2.26. The Hall–Kier alpha value is -1.65. The van der Waals surface area contributed by atoms with Crippen molar-refractivity contribution in [1.82, 2.24) is 5.32 Å². The highest BCUT2D eigenvalue weighted by atomic mass is 32.1. The molecular weight excluding hydrogens is 234 g/mol. The average Bonchev–Trinajstić information content (AvgIpc) is 2.90. The minimum absolute atomic E-state index is 0.0426. The number of rotatable bonds is 4.